The highest BCUT2D eigenvalue weighted by Gasteiger charge is 2.33. The van der Waals surface area contributed by atoms with E-state index < -0.39 is 12.0 Å². The van der Waals surface area contributed by atoms with Crippen LogP contribution < -0.4 is 19.6 Å². The number of esters is 1. The lowest BCUT2D eigenvalue weighted by Gasteiger charge is -2.24. The van der Waals surface area contributed by atoms with E-state index in [0.717, 1.165) is 26.7 Å². The Balaban J connectivity index is 1.32. The SMILES string of the molecule is CCOC(=O)C1=C(C)N=c2s/c(=C/c3ccc(OCc4ccc5ccccc5c4)c(Br)c3)c(=O)n2[C@@H]1c1ccc(C)cc1. The average Bonchev–Trinajstić information content (AvgIpc) is 3.30. The van der Waals surface area contributed by atoms with Crippen molar-refractivity contribution in [3.63, 3.8) is 0 Å². The van der Waals surface area contributed by atoms with Crippen molar-refractivity contribution in [1.29, 1.82) is 0 Å². The van der Waals surface area contributed by atoms with E-state index in [1.54, 1.807) is 18.4 Å². The van der Waals surface area contributed by atoms with E-state index in [-0.39, 0.29) is 12.2 Å². The Bertz CT molecular complexity index is 2080. The molecule has 0 fully saturated rings. The van der Waals surface area contributed by atoms with Gasteiger partial charge in [-0.05, 0) is 88.4 Å². The molecule has 1 aliphatic heterocycles. The molecule has 43 heavy (non-hydrogen) atoms. The monoisotopic (exact) mass is 652 g/mol. The molecule has 5 aromatic rings. The van der Waals surface area contributed by atoms with Gasteiger partial charge in [0.1, 0.15) is 12.4 Å². The van der Waals surface area contributed by atoms with Gasteiger partial charge in [-0.1, -0.05) is 83.6 Å². The molecule has 6 nitrogen and oxygen atoms in total. The molecule has 1 atom stereocenters. The van der Waals surface area contributed by atoms with Crippen LogP contribution in [0.1, 0.15) is 42.1 Å². The van der Waals surface area contributed by atoms with E-state index in [1.165, 1.54) is 22.1 Å². The molecule has 0 aliphatic carbocycles. The average molecular weight is 654 g/mol. The maximum atomic E-state index is 13.9. The van der Waals surface area contributed by atoms with Crippen LogP contribution in [0.5, 0.6) is 5.75 Å². The predicted octanol–water partition coefficient (Wildman–Crippen LogP) is 6.60. The molecule has 1 aromatic heterocycles. The first-order chi connectivity index (χ1) is 20.8. The van der Waals surface area contributed by atoms with Crippen LogP contribution in [0.25, 0.3) is 16.8 Å². The van der Waals surface area contributed by atoms with Crippen LogP contribution in [0.3, 0.4) is 0 Å². The summed E-state index contributed by atoms with van der Waals surface area (Å²) in [6, 6.07) is 27.5. The topological polar surface area (TPSA) is 69.9 Å². The molecule has 4 aromatic carbocycles. The third kappa shape index (κ3) is 5.85. The summed E-state index contributed by atoms with van der Waals surface area (Å²) >= 11 is 4.94. The second kappa shape index (κ2) is 12.1. The minimum absolute atomic E-state index is 0.212. The van der Waals surface area contributed by atoms with E-state index in [0.29, 0.717) is 33.0 Å². The number of hydrogen-bond acceptors (Lipinski definition) is 6. The molecule has 0 spiro atoms. The largest absolute Gasteiger partial charge is 0.488 e. The summed E-state index contributed by atoms with van der Waals surface area (Å²) in [6.45, 7) is 6.22. The Morgan fingerprint density at radius 3 is 2.51 bits per heavy atom. The van der Waals surface area contributed by atoms with Crippen molar-refractivity contribution >= 4 is 50.1 Å². The molecular formula is C35H29BrN2O4S. The highest BCUT2D eigenvalue weighted by atomic mass is 79.9. The lowest BCUT2D eigenvalue weighted by molar-refractivity contribution is -0.139. The third-order valence-electron chi connectivity index (χ3n) is 7.37. The summed E-state index contributed by atoms with van der Waals surface area (Å²) in [5, 5.41) is 2.37. The second-order valence-electron chi connectivity index (χ2n) is 10.4. The molecule has 0 bridgehead atoms. The molecule has 0 amide bonds. The molecule has 2 heterocycles. The lowest BCUT2D eigenvalue weighted by Crippen LogP contribution is -2.39. The van der Waals surface area contributed by atoms with E-state index in [2.05, 4.69) is 51.3 Å². The number of hydrogen-bond donors (Lipinski definition) is 0. The van der Waals surface area contributed by atoms with Gasteiger partial charge >= 0.3 is 5.97 Å². The van der Waals surface area contributed by atoms with Crippen LogP contribution in [0.15, 0.2) is 110 Å². The zero-order chi connectivity index (χ0) is 30.1. The smallest absolute Gasteiger partial charge is 0.338 e. The predicted molar refractivity (Wildman–Crippen MR) is 174 cm³/mol. The Morgan fingerprint density at radius 1 is 1.00 bits per heavy atom. The molecular weight excluding hydrogens is 624 g/mol. The molecule has 6 rings (SSSR count). The number of aromatic nitrogens is 1. The van der Waals surface area contributed by atoms with E-state index >= 15 is 0 Å². The number of benzene rings is 4. The van der Waals surface area contributed by atoms with Crippen molar-refractivity contribution in [2.24, 2.45) is 4.99 Å². The van der Waals surface area contributed by atoms with Gasteiger partial charge in [0.25, 0.3) is 5.56 Å². The van der Waals surface area contributed by atoms with E-state index in [9.17, 15) is 9.59 Å². The van der Waals surface area contributed by atoms with Crippen molar-refractivity contribution in [1.82, 2.24) is 4.57 Å². The van der Waals surface area contributed by atoms with Gasteiger partial charge in [-0.15, -0.1) is 0 Å². The summed E-state index contributed by atoms with van der Waals surface area (Å²) in [5.74, 6) is 0.243. The van der Waals surface area contributed by atoms with Crippen LogP contribution in [0.4, 0.5) is 0 Å². The molecule has 0 radical (unpaired) electrons. The Morgan fingerprint density at radius 2 is 1.77 bits per heavy atom. The van der Waals surface area contributed by atoms with Gasteiger partial charge in [0.05, 0.1) is 32.9 Å². The minimum Gasteiger partial charge on any atom is -0.488 e. The normalized spacial score (nSPS) is 14.9. The van der Waals surface area contributed by atoms with Gasteiger partial charge in [0.2, 0.25) is 0 Å². The number of rotatable bonds is 7. The number of allylic oxidation sites excluding steroid dienone is 1. The summed E-state index contributed by atoms with van der Waals surface area (Å²) in [7, 11) is 0. The molecule has 8 heteroatoms. The van der Waals surface area contributed by atoms with Gasteiger partial charge < -0.3 is 9.47 Å². The highest BCUT2D eigenvalue weighted by molar-refractivity contribution is 9.10. The number of fused-ring (bicyclic) bond motifs is 2. The highest BCUT2D eigenvalue weighted by Crippen LogP contribution is 2.31. The van der Waals surface area contributed by atoms with Crippen LogP contribution >= 0.6 is 27.3 Å². The number of aryl methyl sites for hydroxylation is 1. The lowest BCUT2D eigenvalue weighted by atomic mass is 9.95. The van der Waals surface area contributed by atoms with Crippen molar-refractivity contribution in [2.75, 3.05) is 6.61 Å². The minimum atomic E-state index is -0.629. The van der Waals surface area contributed by atoms with Crippen molar-refractivity contribution in [3.8, 4) is 5.75 Å². The number of carbonyl (C=O) groups is 1. The fourth-order valence-electron chi connectivity index (χ4n) is 5.22. The Hall–Kier alpha value is -4.27. The quantitative estimate of drug-likeness (QED) is 0.186. The number of halogens is 1. The first-order valence-electron chi connectivity index (χ1n) is 14.0. The first kappa shape index (κ1) is 28.8. The Kier molecular flexibility index (Phi) is 8.15. The summed E-state index contributed by atoms with van der Waals surface area (Å²) in [4.78, 5) is 32.2. The third-order valence-corrected chi connectivity index (χ3v) is 8.97. The maximum Gasteiger partial charge on any atom is 0.338 e. The van der Waals surface area contributed by atoms with Crippen molar-refractivity contribution in [3.05, 3.63) is 143 Å². The van der Waals surface area contributed by atoms with Gasteiger partial charge in [0, 0.05) is 0 Å². The van der Waals surface area contributed by atoms with Crippen molar-refractivity contribution < 1.29 is 14.3 Å². The number of thiazole rings is 1. The second-order valence-corrected chi connectivity index (χ2v) is 12.2. The zero-order valence-corrected chi connectivity index (χ0v) is 26.4. The fourth-order valence-corrected chi connectivity index (χ4v) is 6.78. The maximum absolute atomic E-state index is 13.9. The van der Waals surface area contributed by atoms with Crippen LogP contribution in [-0.2, 0) is 16.1 Å². The van der Waals surface area contributed by atoms with Gasteiger partial charge in [-0.25, -0.2) is 9.79 Å². The first-order valence-corrected chi connectivity index (χ1v) is 15.6. The van der Waals surface area contributed by atoms with Crippen LogP contribution in [0.2, 0.25) is 0 Å². The van der Waals surface area contributed by atoms with Gasteiger partial charge in [-0.3, -0.25) is 9.36 Å². The summed E-state index contributed by atoms with van der Waals surface area (Å²) in [6.07, 6.45) is 1.84. The van der Waals surface area contributed by atoms with Gasteiger partial charge in [-0.2, -0.15) is 0 Å². The van der Waals surface area contributed by atoms with Crippen molar-refractivity contribution in [2.45, 2.75) is 33.4 Å². The van der Waals surface area contributed by atoms with E-state index in [1.807, 2.05) is 67.6 Å². The molecule has 216 valence electrons. The number of ether oxygens (including phenoxy) is 2. The Labute approximate surface area is 261 Å². The molecule has 1 aliphatic rings. The summed E-state index contributed by atoms with van der Waals surface area (Å²) < 4.78 is 14.4. The van der Waals surface area contributed by atoms with Crippen LogP contribution in [-0.4, -0.2) is 17.1 Å². The summed E-state index contributed by atoms with van der Waals surface area (Å²) in [5.41, 5.74) is 4.54. The zero-order valence-electron chi connectivity index (χ0n) is 24.0. The molecule has 0 N–H and O–H groups in total. The number of carbonyl (C=O) groups excluding carboxylic acids is 1. The number of nitrogens with zero attached hydrogens (tertiary/aromatic N) is 2. The molecule has 0 saturated carbocycles. The molecule has 0 saturated heterocycles. The van der Waals surface area contributed by atoms with Gasteiger partial charge in [0.15, 0.2) is 4.80 Å². The standard InChI is InChI=1S/C35H29BrN2O4S/c1-4-41-34(40)31-22(3)37-35-38(32(31)26-13-9-21(2)10-14-26)33(39)30(43-35)19-23-12-16-29(28(36)18-23)42-20-24-11-15-25-7-5-6-8-27(25)17-24/h5-19,32H,4,20H2,1-3H3/b30-19+/t32-/m1/s1. The molecule has 0 unspecified atom stereocenters. The van der Waals surface area contributed by atoms with E-state index in [4.69, 9.17) is 9.47 Å². The van der Waals surface area contributed by atoms with Crippen LogP contribution in [0, 0.1) is 6.92 Å². The fraction of sp³-hybridized carbons (Fsp3) is 0.171.